The fourth-order valence-electron chi connectivity index (χ4n) is 1.81. The van der Waals surface area contributed by atoms with Crippen LogP contribution >= 0.6 is 0 Å². The van der Waals surface area contributed by atoms with Gasteiger partial charge in [-0.3, -0.25) is 0 Å². The van der Waals surface area contributed by atoms with Gasteiger partial charge in [0.2, 0.25) is 5.82 Å². The molecule has 0 spiro atoms. The van der Waals surface area contributed by atoms with E-state index in [-0.39, 0.29) is 6.10 Å². The molecule has 2 N–H and O–H groups in total. The highest BCUT2D eigenvalue weighted by Crippen LogP contribution is 2.28. The first-order valence-electron chi connectivity index (χ1n) is 5.94. The van der Waals surface area contributed by atoms with Crippen molar-refractivity contribution in [2.24, 2.45) is 0 Å². The summed E-state index contributed by atoms with van der Waals surface area (Å²) in [4.78, 5) is 4.34. The van der Waals surface area contributed by atoms with Gasteiger partial charge >= 0.3 is 0 Å². The van der Waals surface area contributed by atoms with Crippen LogP contribution in [0.15, 0.2) is 22.7 Å². The first kappa shape index (κ1) is 12.6. The molecule has 0 aliphatic rings. The number of ether oxygens (including phenoxy) is 1. The fourth-order valence-corrected chi connectivity index (χ4v) is 1.81. The molecule has 0 amide bonds. The molecule has 0 radical (unpaired) electrons. The number of rotatable bonds is 4. The highest BCUT2D eigenvalue weighted by Gasteiger charge is 2.17. The number of hydrogen-bond donors (Lipinski definition) is 1. The summed E-state index contributed by atoms with van der Waals surface area (Å²) >= 11 is 0. The summed E-state index contributed by atoms with van der Waals surface area (Å²) in [5.41, 5.74) is 8.37. The van der Waals surface area contributed by atoms with Crippen LogP contribution in [0.5, 0.6) is 0 Å². The van der Waals surface area contributed by atoms with E-state index in [9.17, 15) is 0 Å². The predicted octanol–water partition coefficient (Wildman–Crippen LogP) is 2.72. The second-order valence-corrected chi connectivity index (χ2v) is 4.09. The van der Waals surface area contributed by atoms with Gasteiger partial charge in [-0.05, 0) is 32.4 Å². The first-order valence-corrected chi connectivity index (χ1v) is 5.94. The van der Waals surface area contributed by atoms with Gasteiger partial charge in [-0.15, -0.1) is 0 Å². The number of nitrogen functional groups attached to an aromatic ring is 1. The molecule has 0 fully saturated rings. The van der Waals surface area contributed by atoms with Crippen LogP contribution < -0.4 is 5.73 Å². The molecule has 1 aromatic heterocycles. The van der Waals surface area contributed by atoms with E-state index in [1.807, 2.05) is 39.0 Å². The van der Waals surface area contributed by atoms with Crippen LogP contribution in [0.1, 0.15) is 31.3 Å². The van der Waals surface area contributed by atoms with Crippen molar-refractivity contribution in [1.82, 2.24) is 10.1 Å². The Morgan fingerprint density at radius 1 is 1.44 bits per heavy atom. The molecule has 1 atom stereocenters. The Morgan fingerprint density at radius 3 is 2.89 bits per heavy atom. The first-order chi connectivity index (χ1) is 8.63. The van der Waals surface area contributed by atoms with Crippen LogP contribution in [0, 0.1) is 6.92 Å². The maximum absolute atomic E-state index is 5.94. The highest BCUT2D eigenvalue weighted by atomic mass is 16.5. The van der Waals surface area contributed by atoms with Crippen molar-refractivity contribution in [3.63, 3.8) is 0 Å². The zero-order chi connectivity index (χ0) is 13.1. The van der Waals surface area contributed by atoms with Crippen LogP contribution in [-0.4, -0.2) is 16.7 Å². The third kappa shape index (κ3) is 2.36. The van der Waals surface area contributed by atoms with Gasteiger partial charge in [0.25, 0.3) is 5.89 Å². The average Bonchev–Trinajstić information content (AvgIpc) is 2.78. The van der Waals surface area contributed by atoms with Crippen molar-refractivity contribution in [2.45, 2.75) is 26.9 Å². The average molecular weight is 247 g/mol. The quantitative estimate of drug-likeness (QED) is 0.841. The van der Waals surface area contributed by atoms with Gasteiger partial charge < -0.3 is 15.0 Å². The lowest BCUT2D eigenvalue weighted by Gasteiger charge is -2.05. The summed E-state index contributed by atoms with van der Waals surface area (Å²) in [6.45, 7) is 6.38. The molecule has 1 heterocycles. The monoisotopic (exact) mass is 247 g/mol. The van der Waals surface area contributed by atoms with E-state index in [1.54, 1.807) is 0 Å². The molecule has 1 unspecified atom stereocenters. The molecule has 18 heavy (non-hydrogen) atoms. The maximum Gasteiger partial charge on any atom is 0.260 e. The number of aromatic nitrogens is 2. The fraction of sp³-hybridized carbons (Fsp3) is 0.385. The van der Waals surface area contributed by atoms with Gasteiger partial charge in [0, 0.05) is 12.3 Å². The van der Waals surface area contributed by atoms with Crippen LogP contribution in [0.25, 0.3) is 11.5 Å². The second-order valence-electron chi connectivity index (χ2n) is 4.09. The Balaban J connectivity index is 2.35. The van der Waals surface area contributed by atoms with E-state index in [0.717, 1.165) is 11.1 Å². The minimum absolute atomic E-state index is 0.183. The molecule has 0 aliphatic heterocycles. The lowest BCUT2D eigenvalue weighted by atomic mass is 10.1. The molecule has 0 saturated carbocycles. The Kier molecular flexibility index (Phi) is 3.62. The van der Waals surface area contributed by atoms with Gasteiger partial charge in [-0.25, -0.2) is 0 Å². The second kappa shape index (κ2) is 5.18. The van der Waals surface area contributed by atoms with Gasteiger partial charge in [0.05, 0.1) is 5.56 Å². The Bertz CT molecular complexity index is 517. The van der Waals surface area contributed by atoms with E-state index in [2.05, 4.69) is 10.1 Å². The van der Waals surface area contributed by atoms with Crippen LogP contribution in [-0.2, 0) is 4.74 Å². The van der Waals surface area contributed by atoms with Crippen LogP contribution in [0.4, 0.5) is 5.69 Å². The number of nitrogens with zero attached hydrogens (tertiary/aromatic N) is 2. The number of aryl methyl sites for hydroxylation is 1. The van der Waals surface area contributed by atoms with Gasteiger partial charge in [0.15, 0.2) is 0 Å². The van der Waals surface area contributed by atoms with Gasteiger partial charge in [0.1, 0.15) is 6.10 Å². The number of benzene rings is 1. The minimum Gasteiger partial charge on any atom is -0.398 e. The molecule has 0 bridgehead atoms. The molecule has 96 valence electrons. The SMILES string of the molecule is CCOC(C)c1noc(-c2c(C)cccc2N)n1. The smallest absolute Gasteiger partial charge is 0.260 e. The summed E-state index contributed by atoms with van der Waals surface area (Å²) < 4.78 is 10.7. The molecule has 1 aromatic carbocycles. The van der Waals surface area contributed by atoms with E-state index >= 15 is 0 Å². The maximum atomic E-state index is 5.94. The van der Waals surface area contributed by atoms with Crippen molar-refractivity contribution in [3.05, 3.63) is 29.6 Å². The summed E-state index contributed by atoms with van der Waals surface area (Å²) in [6.07, 6.45) is -0.183. The molecule has 5 heteroatoms. The van der Waals surface area contributed by atoms with E-state index in [1.165, 1.54) is 0 Å². The van der Waals surface area contributed by atoms with Crippen LogP contribution in [0.3, 0.4) is 0 Å². The van der Waals surface area contributed by atoms with Gasteiger partial charge in [-0.1, -0.05) is 17.3 Å². The van der Waals surface area contributed by atoms with Crippen molar-refractivity contribution in [2.75, 3.05) is 12.3 Å². The van der Waals surface area contributed by atoms with E-state index in [4.69, 9.17) is 15.0 Å². The minimum atomic E-state index is -0.183. The molecule has 2 rings (SSSR count). The molecule has 0 aliphatic carbocycles. The molecule has 0 saturated heterocycles. The summed E-state index contributed by atoms with van der Waals surface area (Å²) in [5.74, 6) is 0.974. The molecule has 2 aromatic rings. The Labute approximate surface area is 106 Å². The lowest BCUT2D eigenvalue weighted by Crippen LogP contribution is -2.01. The zero-order valence-electron chi connectivity index (χ0n) is 10.8. The zero-order valence-corrected chi connectivity index (χ0v) is 10.8. The topological polar surface area (TPSA) is 74.2 Å². The largest absolute Gasteiger partial charge is 0.398 e. The van der Waals surface area contributed by atoms with Crippen molar-refractivity contribution in [3.8, 4) is 11.5 Å². The third-order valence-electron chi connectivity index (χ3n) is 2.74. The predicted molar refractivity (Wildman–Crippen MR) is 68.9 cm³/mol. The van der Waals surface area contributed by atoms with Gasteiger partial charge in [-0.2, -0.15) is 4.98 Å². The summed E-state index contributed by atoms with van der Waals surface area (Å²) in [5, 5.41) is 3.93. The highest BCUT2D eigenvalue weighted by molar-refractivity contribution is 5.73. The Hall–Kier alpha value is -1.88. The molecular weight excluding hydrogens is 230 g/mol. The summed E-state index contributed by atoms with van der Waals surface area (Å²) in [6, 6.07) is 5.67. The summed E-state index contributed by atoms with van der Waals surface area (Å²) in [7, 11) is 0. The molecule has 5 nitrogen and oxygen atoms in total. The van der Waals surface area contributed by atoms with Crippen molar-refractivity contribution >= 4 is 5.69 Å². The Morgan fingerprint density at radius 2 is 2.22 bits per heavy atom. The molecular formula is C13H17N3O2. The standard InChI is InChI=1S/C13H17N3O2/c1-4-17-9(3)12-15-13(18-16-12)11-8(2)6-5-7-10(11)14/h5-7,9H,4,14H2,1-3H3. The van der Waals surface area contributed by atoms with Crippen LogP contribution in [0.2, 0.25) is 0 Å². The van der Waals surface area contributed by atoms with E-state index in [0.29, 0.717) is 24.0 Å². The number of hydrogen-bond acceptors (Lipinski definition) is 5. The normalized spacial score (nSPS) is 12.6. The number of anilines is 1. The van der Waals surface area contributed by atoms with E-state index < -0.39 is 0 Å². The third-order valence-corrected chi connectivity index (χ3v) is 2.74. The lowest BCUT2D eigenvalue weighted by molar-refractivity contribution is 0.0683. The van der Waals surface area contributed by atoms with Crippen molar-refractivity contribution < 1.29 is 9.26 Å². The van der Waals surface area contributed by atoms with Crippen molar-refractivity contribution in [1.29, 1.82) is 0 Å². The number of nitrogens with two attached hydrogens (primary N) is 1.